The maximum absolute atomic E-state index is 5.66. The number of halogens is 1. The van der Waals surface area contributed by atoms with Gasteiger partial charge in [-0.25, -0.2) is 9.66 Å². The number of rotatable bonds is 2. The van der Waals surface area contributed by atoms with Gasteiger partial charge in [-0.2, -0.15) is 5.10 Å². The maximum atomic E-state index is 5.66. The fourth-order valence-corrected chi connectivity index (χ4v) is 1.54. The van der Waals surface area contributed by atoms with E-state index in [1.54, 1.807) is 17.1 Å². The number of hydrogen-bond donors (Lipinski definition) is 1. The van der Waals surface area contributed by atoms with Crippen LogP contribution in [0, 0.1) is 6.92 Å². The number of hydrogen-bond acceptors (Lipinski definition) is 3. The van der Waals surface area contributed by atoms with Gasteiger partial charge in [-0.05, 0) is 24.6 Å². The lowest BCUT2D eigenvalue weighted by atomic mass is 10.2. The molecule has 4 nitrogen and oxygen atoms in total. The first-order chi connectivity index (χ1) is 7.65. The highest BCUT2D eigenvalue weighted by molar-refractivity contribution is 9.10. The Hall–Kier alpha value is -1.62. The normalized spacial score (nSPS) is 11.1. The van der Waals surface area contributed by atoms with E-state index in [0.29, 0.717) is 5.95 Å². The Labute approximate surface area is 102 Å². The summed E-state index contributed by atoms with van der Waals surface area (Å²) < 4.78 is 2.60. The van der Waals surface area contributed by atoms with Crippen LogP contribution in [0.5, 0.6) is 0 Å². The van der Waals surface area contributed by atoms with Crippen molar-refractivity contribution in [3.8, 4) is 0 Å². The van der Waals surface area contributed by atoms with Gasteiger partial charge in [0.05, 0.1) is 18.1 Å². The topological polar surface area (TPSA) is 56.2 Å². The summed E-state index contributed by atoms with van der Waals surface area (Å²) >= 11 is 3.38. The van der Waals surface area contributed by atoms with Crippen molar-refractivity contribution in [3.05, 3.63) is 46.2 Å². The Morgan fingerprint density at radius 2 is 2.06 bits per heavy atom. The zero-order valence-corrected chi connectivity index (χ0v) is 10.3. The van der Waals surface area contributed by atoms with E-state index in [9.17, 15) is 0 Å². The van der Waals surface area contributed by atoms with Crippen LogP contribution < -0.4 is 5.73 Å². The van der Waals surface area contributed by atoms with Crippen molar-refractivity contribution in [2.24, 2.45) is 5.10 Å². The summed E-state index contributed by atoms with van der Waals surface area (Å²) in [4.78, 5) is 4.06. The van der Waals surface area contributed by atoms with E-state index in [0.717, 1.165) is 15.7 Å². The minimum atomic E-state index is 0.394. The molecule has 0 unspecified atom stereocenters. The van der Waals surface area contributed by atoms with Gasteiger partial charge in [0.2, 0.25) is 5.95 Å². The van der Waals surface area contributed by atoms with Crippen molar-refractivity contribution in [1.29, 1.82) is 0 Å². The van der Waals surface area contributed by atoms with Gasteiger partial charge < -0.3 is 5.73 Å². The summed E-state index contributed by atoms with van der Waals surface area (Å²) in [6, 6.07) is 7.86. The monoisotopic (exact) mass is 278 g/mol. The summed E-state index contributed by atoms with van der Waals surface area (Å²) in [5, 5.41) is 4.22. The molecule has 0 radical (unpaired) electrons. The molecule has 0 aliphatic rings. The Bertz CT molecular complexity index is 513. The number of nitrogens with two attached hydrogens (primary N) is 1. The first-order valence-corrected chi connectivity index (χ1v) is 5.56. The Balaban J connectivity index is 2.21. The lowest BCUT2D eigenvalue weighted by molar-refractivity contribution is 0.897. The second-order valence-corrected chi connectivity index (χ2v) is 4.30. The van der Waals surface area contributed by atoms with Gasteiger partial charge in [-0.1, -0.05) is 28.1 Å². The molecule has 0 bridgehead atoms. The molecule has 1 aromatic carbocycles. The maximum Gasteiger partial charge on any atom is 0.221 e. The molecule has 1 heterocycles. The highest BCUT2D eigenvalue weighted by Crippen LogP contribution is 2.09. The minimum absolute atomic E-state index is 0.394. The van der Waals surface area contributed by atoms with E-state index in [-0.39, 0.29) is 0 Å². The van der Waals surface area contributed by atoms with E-state index in [1.165, 1.54) is 0 Å². The quantitative estimate of drug-likeness (QED) is 0.858. The largest absolute Gasteiger partial charge is 0.368 e. The summed E-state index contributed by atoms with van der Waals surface area (Å²) in [6.07, 6.45) is 3.52. The molecule has 1 aromatic heterocycles. The van der Waals surface area contributed by atoms with E-state index in [2.05, 4.69) is 26.0 Å². The molecule has 2 rings (SSSR count). The second kappa shape index (κ2) is 4.49. The summed E-state index contributed by atoms with van der Waals surface area (Å²) in [5.74, 6) is 0.394. The van der Waals surface area contributed by atoms with E-state index >= 15 is 0 Å². The zero-order valence-electron chi connectivity index (χ0n) is 8.76. The number of aromatic nitrogens is 2. The number of nitrogens with zero attached hydrogens (tertiary/aromatic N) is 3. The molecular formula is C11H11BrN4. The lowest BCUT2D eigenvalue weighted by Crippen LogP contribution is -1.96. The summed E-state index contributed by atoms with van der Waals surface area (Å²) in [6.45, 7) is 1.88. The molecule has 0 fully saturated rings. The smallest absolute Gasteiger partial charge is 0.221 e. The first-order valence-electron chi connectivity index (χ1n) is 4.76. The molecule has 0 spiro atoms. The van der Waals surface area contributed by atoms with Crippen molar-refractivity contribution in [1.82, 2.24) is 9.66 Å². The molecule has 2 aromatic rings. The van der Waals surface area contributed by atoms with Gasteiger partial charge in [-0.15, -0.1) is 0 Å². The van der Waals surface area contributed by atoms with Gasteiger partial charge in [0.25, 0.3) is 0 Å². The van der Waals surface area contributed by atoms with Crippen molar-refractivity contribution in [2.45, 2.75) is 6.92 Å². The minimum Gasteiger partial charge on any atom is -0.368 e. The summed E-state index contributed by atoms with van der Waals surface area (Å²) in [5.41, 5.74) is 7.52. The third-order valence-corrected chi connectivity index (χ3v) is 2.56. The molecule has 2 N–H and O–H groups in total. The predicted molar refractivity (Wildman–Crippen MR) is 68.5 cm³/mol. The van der Waals surface area contributed by atoms with Gasteiger partial charge in [0, 0.05) is 4.47 Å². The number of benzene rings is 1. The Kier molecular flexibility index (Phi) is 3.05. The standard InChI is InChI=1S/C11H11BrN4/c1-8-7-16(11(13)15-8)14-6-9-2-4-10(12)5-3-9/h2-7H,1H3,(H2,13,15). The van der Waals surface area contributed by atoms with Crippen LogP contribution in [0.1, 0.15) is 11.3 Å². The van der Waals surface area contributed by atoms with Crippen molar-refractivity contribution < 1.29 is 0 Å². The van der Waals surface area contributed by atoms with Crippen LogP contribution in [0.2, 0.25) is 0 Å². The zero-order chi connectivity index (χ0) is 11.5. The average Bonchev–Trinajstić information content (AvgIpc) is 2.57. The van der Waals surface area contributed by atoms with E-state index in [4.69, 9.17) is 5.73 Å². The van der Waals surface area contributed by atoms with Crippen LogP contribution >= 0.6 is 15.9 Å². The SMILES string of the molecule is Cc1cn(N=Cc2ccc(Br)cc2)c(N)n1. The van der Waals surface area contributed by atoms with Crippen LogP contribution in [-0.2, 0) is 0 Å². The van der Waals surface area contributed by atoms with E-state index in [1.807, 2.05) is 31.2 Å². The molecule has 0 amide bonds. The molecule has 0 aliphatic carbocycles. The molecule has 0 saturated heterocycles. The van der Waals surface area contributed by atoms with Gasteiger partial charge >= 0.3 is 0 Å². The number of nitrogen functional groups attached to an aromatic ring is 1. The number of anilines is 1. The van der Waals surface area contributed by atoms with Crippen LogP contribution in [0.15, 0.2) is 40.0 Å². The van der Waals surface area contributed by atoms with Crippen LogP contribution in [0.4, 0.5) is 5.95 Å². The molecule has 0 atom stereocenters. The lowest BCUT2D eigenvalue weighted by Gasteiger charge is -1.95. The van der Waals surface area contributed by atoms with Crippen molar-refractivity contribution in [2.75, 3.05) is 5.73 Å². The van der Waals surface area contributed by atoms with Gasteiger partial charge in [-0.3, -0.25) is 0 Å². The molecule has 16 heavy (non-hydrogen) atoms. The van der Waals surface area contributed by atoms with Crippen LogP contribution in [-0.4, -0.2) is 15.9 Å². The Morgan fingerprint density at radius 3 is 2.62 bits per heavy atom. The molecular weight excluding hydrogens is 268 g/mol. The fourth-order valence-electron chi connectivity index (χ4n) is 1.27. The second-order valence-electron chi connectivity index (χ2n) is 3.38. The number of imidazole rings is 1. The highest BCUT2D eigenvalue weighted by Gasteiger charge is 1.97. The summed E-state index contributed by atoms with van der Waals surface area (Å²) in [7, 11) is 0. The number of aryl methyl sites for hydroxylation is 1. The highest BCUT2D eigenvalue weighted by atomic mass is 79.9. The van der Waals surface area contributed by atoms with Crippen LogP contribution in [0.25, 0.3) is 0 Å². The molecule has 0 saturated carbocycles. The third kappa shape index (κ3) is 2.49. The van der Waals surface area contributed by atoms with E-state index < -0.39 is 0 Å². The predicted octanol–water partition coefficient (Wildman–Crippen LogP) is 2.42. The third-order valence-electron chi connectivity index (χ3n) is 2.04. The van der Waals surface area contributed by atoms with Crippen molar-refractivity contribution in [3.63, 3.8) is 0 Å². The average molecular weight is 279 g/mol. The molecule has 5 heteroatoms. The van der Waals surface area contributed by atoms with Gasteiger partial charge in [0.1, 0.15) is 0 Å². The van der Waals surface area contributed by atoms with Crippen molar-refractivity contribution >= 4 is 28.1 Å². The molecule has 0 aliphatic heterocycles. The Morgan fingerprint density at radius 1 is 1.38 bits per heavy atom. The fraction of sp³-hybridized carbons (Fsp3) is 0.0909. The first kappa shape index (κ1) is 10.9. The van der Waals surface area contributed by atoms with Crippen LogP contribution in [0.3, 0.4) is 0 Å². The van der Waals surface area contributed by atoms with Gasteiger partial charge in [0.15, 0.2) is 0 Å². The molecule has 82 valence electrons.